The molecule has 0 unspecified atom stereocenters. The van der Waals surface area contributed by atoms with Gasteiger partial charge in [0.1, 0.15) is 10.7 Å². The summed E-state index contributed by atoms with van der Waals surface area (Å²) in [5.74, 6) is 0.318. The Labute approximate surface area is 145 Å². The number of hydrogen-bond donors (Lipinski definition) is 1. The van der Waals surface area contributed by atoms with Crippen molar-refractivity contribution in [2.24, 2.45) is 0 Å². The van der Waals surface area contributed by atoms with Crippen molar-refractivity contribution in [3.8, 4) is 0 Å². The van der Waals surface area contributed by atoms with Crippen molar-refractivity contribution in [1.82, 2.24) is 19.9 Å². The van der Waals surface area contributed by atoms with Crippen molar-refractivity contribution in [2.75, 3.05) is 0 Å². The lowest BCUT2D eigenvalue weighted by Gasteiger charge is -2.09. The van der Waals surface area contributed by atoms with Crippen molar-refractivity contribution in [2.45, 2.75) is 32.9 Å². The Morgan fingerprint density at radius 2 is 2.08 bits per heavy atom. The number of carbonyl (C=O) groups excluding carboxylic acids is 1. The number of nitrogens with zero attached hydrogens (tertiary/aromatic N) is 3. The molecule has 24 heavy (non-hydrogen) atoms. The molecule has 0 aliphatic carbocycles. The second-order valence-electron chi connectivity index (χ2n) is 5.88. The number of amides is 1. The number of hydrogen-bond acceptors (Lipinski definition) is 4. The van der Waals surface area contributed by atoms with Crippen molar-refractivity contribution in [3.63, 3.8) is 0 Å². The van der Waals surface area contributed by atoms with E-state index in [1.165, 1.54) is 0 Å². The maximum absolute atomic E-state index is 12.5. The molecule has 0 fully saturated rings. The van der Waals surface area contributed by atoms with Crippen molar-refractivity contribution in [3.05, 3.63) is 70.2 Å². The predicted octanol–water partition coefficient (Wildman–Crippen LogP) is 3.44. The summed E-state index contributed by atoms with van der Waals surface area (Å²) in [6.07, 6.45) is 5.43. The third-order valence-corrected chi connectivity index (χ3v) is 4.59. The Morgan fingerprint density at radius 3 is 2.79 bits per heavy atom. The van der Waals surface area contributed by atoms with Crippen molar-refractivity contribution < 1.29 is 4.79 Å². The van der Waals surface area contributed by atoms with Gasteiger partial charge in [-0.05, 0) is 35.7 Å². The van der Waals surface area contributed by atoms with Crippen LogP contribution in [0.25, 0.3) is 0 Å². The van der Waals surface area contributed by atoms with E-state index in [0.29, 0.717) is 24.7 Å². The Hall–Kier alpha value is -2.47. The van der Waals surface area contributed by atoms with E-state index in [0.717, 1.165) is 16.3 Å². The van der Waals surface area contributed by atoms with Gasteiger partial charge in [0.2, 0.25) is 0 Å². The Bertz CT molecular complexity index is 807. The van der Waals surface area contributed by atoms with Gasteiger partial charge >= 0.3 is 0 Å². The first-order valence-electron chi connectivity index (χ1n) is 7.90. The maximum Gasteiger partial charge on any atom is 0.268 e. The summed E-state index contributed by atoms with van der Waals surface area (Å²) in [5, 5.41) is 5.94. The molecule has 3 rings (SSSR count). The third kappa shape index (κ3) is 3.89. The van der Waals surface area contributed by atoms with Crippen LogP contribution >= 0.6 is 11.3 Å². The van der Waals surface area contributed by atoms with E-state index in [4.69, 9.17) is 0 Å². The molecule has 0 saturated carbocycles. The van der Waals surface area contributed by atoms with Gasteiger partial charge in [-0.3, -0.25) is 9.78 Å². The van der Waals surface area contributed by atoms with Crippen LogP contribution in [0.15, 0.2) is 48.2 Å². The summed E-state index contributed by atoms with van der Waals surface area (Å²) in [4.78, 5) is 21.0. The molecule has 0 atom stereocenters. The van der Waals surface area contributed by atoms with Gasteiger partial charge < -0.3 is 9.88 Å². The molecule has 3 aromatic rings. The lowest BCUT2D eigenvalue weighted by Crippen LogP contribution is -2.25. The summed E-state index contributed by atoms with van der Waals surface area (Å²) >= 11 is 1.58. The highest BCUT2D eigenvalue weighted by molar-refractivity contribution is 7.09. The van der Waals surface area contributed by atoms with Crippen LogP contribution in [0.5, 0.6) is 0 Å². The molecular weight excluding hydrogens is 320 g/mol. The minimum atomic E-state index is -0.0876. The number of thiazole rings is 1. The summed E-state index contributed by atoms with van der Waals surface area (Å²) < 4.78 is 1.94. The lowest BCUT2D eigenvalue weighted by atomic mass is 10.2. The summed E-state index contributed by atoms with van der Waals surface area (Å²) in [6.45, 7) is 5.33. The third-order valence-electron chi connectivity index (χ3n) is 3.73. The van der Waals surface area contributed by atoms with Gasteiger partial charge in [0, 0.05) is 30.5 Å². The molecule has 3 aromatic heterocycles. The molecule has 5 nitrogen and oxygen atoms in total. The molecule has 1 N–H and O–H groups in total. The van der Waals surface area contributed by atoms with Gasteiger partial charge in [0.15, 0.2) is 0 Å². The number of rotatable bonds is 6. The first kappa shape index (κ1) is 16.4. The van der Waals surface area contributed by atoms with E-state index >= 15 is 0 Å². The normalized spacial score (nSPS) is 11.0. The highest BCUT2D eigenvalue weighted by Crippen LogP contribution is 2.17. The molecular formula is C18H20N4OS. The largest absolute Gasteiger partial charge is 0.344 e. The number of nitrogens with one attached hydrogen (secondary N) is 1. The van der Waals surface area contributed by atoms with Gasteiger partial charge in [-0.2, -0.15) is 0 Å². The quantitative estimate of drug-likeness (QED) is 0.748. The summed E-state index contributed by atoms with van der Waals surface area (Å²) in [7, 11) is 0. The van der Waals surface area contributed by atoms with E-state index in [-0.39, 0.29) is 5.91 Å². The Balaban J connectivity index is 1.64. The second-order valence-corrected chi connectivity index (χ2v) is 6.82. The van der Waals surface area contributed by atoms with Crippen molar-refractivity contribution in [1.29, 1.82) is 0 Å². The van der Waals surface area contributed by atoms with E-state index in [2.05, 4.69) is 34.5 Å². The van der Waals surface area contributed by atoms with Crippen LogP contribution in [-0.4, -0.2) is 20.4 Å². The van der Waals surface area contributed by atoms with E-state index < -0.39 is 0 Å². The maximum atomic E-state index is 12.5. The average Bonchev–Trinajstić information content (AvgIpc) is 3.23. The molecule has 3 heterocycles. The molecule has 0 bridgehead atoms. The fraction of sp³-hybridized carbons (Fsp3) is 0.278. The van der Waals surface area contributed by atoms with Crippen LogP contribution in [0.1, 0.15) is 46.5 Å². The zero-order valence-electron chi connectivity index (χ0n) is 13.8. The molecule has 0 aliphatic heterocycles. The number of pyridine rings is 1. The van der Waals surface area contributed by atoms with E-state index in [1.807, 2.05) is 35.0 Å². The lowest BCUT2D eigenvalue weighted by molar-refractivity contribution is 0.0942. The highest BCUT2D eigenvalue weighted by Gasteiger charge is 2.12. The minimum Gasteiger partial charge on any atom is -0.344 e. The second kappa shape index (κ2) is 7.40. The first-order valence-corrected chi connectivity index (χ1v) is 8.78. The van der Waals surface area contributed by atoms with Gasteiger partial charge in [0.25, 0.3) is 5.91 Å². The minimum absolute atomic E-state index is 0.0876. The summed E-state index contributed by atoms with van der Waals surface area (Å²) in [5.41, 5.74) is 2.83. The molecule has 0 aromatic carbocycles. The topological polar surface area (TPSA) is 59.8 Å². The molecule has 0 aliphatic rings. The van der Waals surface area contributed by atoms with Crippen LogP contribution < -0.4 is 5.32 Å². The Kier molecular flexibility index (Phi) is 5.05. The molecule has 0 spiro atoms. The van der Waals surface area contributed by atoms with Crippen LogP contribution in [0.3, 0.4) is 0 Å². The van der Waals surface area contributed by atoms with E-state index in [9.17, 15) is 4.79 Å². The standard InChI is InChI=1S/C18H20N4OS/c1-13(2)15-12-24-17(21-15)10-20-18(23)16-4-3-9-22(16)11-14-5-7-19-8-6-14/h3-9,12-13H,10-11H2,1-2H3,(H,20,23). The average molecular weight is 340 g/mol. The molecule has 1 amide bonds. The fourth-order valence-electron chi connectivity index (χ4n) is 2.36. The van der Waals surface area contributed by atoms with Gasteiger partial charge in [-0.15, -0.1) is 11.3 Å². The van der Waals surface area contributed by atoms with Crippen LogP contribution in [0, 0.1) is 0 Å². The summed E-state index contributed by atoms with van der Waals surface area (Å²) in [6, 6.07) is 7.61. The highest BCUT2D eigenvalue weighted by atomic mass is 32.1. The first-order chi connectivity index (χ1) is 11.6. The van der Waals surface area contributed by atoms with Crippen molar-refractivity contribution >= 4 is 17.2 Å². The zero-order chi connectivity index (χ0) is 16.9. The zero-order valence-corrected chi connectivity index (χ0v) is 14.6. The van der Waals surface area contributed by atoms with Crippen LogP contribution in [0.2, 0.25) is 0 Å². The molecule has 124 valence electrons. The Morgan fingerprint density at radius 1 is 1.29 bits per heavy atom. The SMILES string of the molecule is CC(C)c1csc(CNC(=O)c2cccn2Cc2ccncc2)n1. The molecule has 0 radical (unpaired) electrons. The van der Waals surface area contributed by atoms with Gasteiger partial charge in [-0.25, -0.2) is 4.98 Å². The molecule has 0 saturated heterocycles. The van der Waals surface area contributed by atoms with E-state index in [1.54, 1.807) is 23.7 Å². The van der Waals surface area contributed by atoms with Gasteiger partial charge in [0.05, 0.1) is 12.2 Å². The van der Waals surface area contributed by atoms with Crippen LogP contribution in [0.4, 0.5) is 0 Å². The predicted molar refractivity (Wildman–Crippen MR) is 95.1 cm³/mol. The smallest absolute Gasteiger partial charge is 0.268 e. The fourth-order valence-corrected chi connectivity index (χ4v) is 3.26. The number of aromatic nitrogens is 3. The molecule has 6 heteroatoms. The van der Waals surface area contributed by atoms with Crippen LogP contribution in [-0.2, 0) is 13.1 Å². The monoisotopic (exact) mass is 340 g/mol. The van der Waals surface area contributed by atoms with Gasteiger partial charge in [-0.1, -0.05) is 13.8 Å². The number of carbonyl (C=O) groups is 1.